The van der Waals surface area contributed by atoms with Gasteiger partial charge in [0.2, 0.25) is 5.91 Å². The molecule has 1 atom stereocenters. The molecule has 4 heteroatoms. The summed E-state index contributed by atoms with van der Waals surface area (Å²) in [6.07, 6.45) is 2.71. The maximum absolute atomic E-state index is 12.5. The van der Waals surface area contributed by atoms with Crippen molar-refractivity contribution >= 4 is 5.91 Å². The van der Waals surface area contributed by atoms with Gasteiger partial charge in [0.05, 0.1) is 6.20 Å². The molecule has 0 saturated carbocycles. The normalized spacial score (nSPS) is 20.3. The van der Waals surface area contributed by atoms with Gasteiger partial charge in [-0.05, 0) is 11.0 Å². The zero-order valence-corrected chi connectivity index (χ0v) is 13.2. The molecule has 1 aromatic heterocycles. The Bertz CT molecular complexity index is 620. The molecular formula is C18H22N2O2. The fourth-order valence-electron chi connectivity index (χ4n) is 3.33. The molecule has 4 nitrogen and oxygen atoms in total. The zero-order valence-electron chi connectivity index (χ0n) is 13.2. The molecule has 1 saturated heterocycles. The molecule has 22 heavy (non-hydrogen) atoms. The molecule has 0 bridgehead atoms. The van der Waals surface area contributed by atoms with Crippen molar-refractivity contribution in [3.8, 4) is 0 Å². The number of hydrogen-bond donors (Lipinski definition) is 0. The zero-order chi connectivity index (χ0) is 15.6. The molecule has 0 N–H and O–H groups in total. The van der Waals surface area contributed by atoms with Gasteiger partial charge in [0.1, 0.15) is 5.76 Å². The number of aromatic nitrogens is 1. The Morgan fingerprint density at radius 1 is 1.32 bits per heavy atom. The Balaban J connectivity index is 1.65. The lowest BCUT2D eigenvalue weighted by Gasteiger charge is -2.25. The van der Waals surface area contributed by atoms with E-state index in [4.69, 9.17) is 4.52 Å². The lowest BCUT2D eigenvalue weighted by molar-refractivity contribution is -0.130. The summed E-state index contributed by atoms with van der Waals surface area (Å²) in [6, 6.07) is 12.3. The number of likely N-dealkylation sites (tertiary alicyclic amines) is 1. The van der Waals surface area contributed by atoms with Crippen molar-refractivity contribution in [2.24, 2.45) is 5.41 Å². The lowest BCUT2D eigenvalue weighted by atomic mass is 9.78. The highest BCUT2D eigenvalue weighted by Gasteiger charge is 2.41. The molecule has 2 heterocycles. The van der Waals surface area contributed by atoms with Gasteiger partial charge in [0, 0.05) is 37.9 Å². The molecule has 0 radical (unpaired) electrons. The largest absolute Gasteiger partial charge is 0.361 e. The minimum Gasteiger partial charge on any atom is -0.361 e. The maximum atomic E-state index is 12.5. The van der Waals surface area contributed by atoms with Crippen molar-refractivity contribution < 1.29 is 9.32 Å². The second kappa shape index (κ2) is 5.95. The van der Waals surface area contributed by atoms with Gasteiger partial charge in [-0.3, -0.25) is 4.79 Å². The van der Waals surface area contributed by atoms with Crippen molar-refractivity contribution in [3.05, 3.63) is 53.9 Å². The first-order valence-electron chi connectivity index (χ1n) is 7.78. The minimum atomic E-state index is 0.100. The summed E-state index contributed by atoms with van der Waals surface area (Å²) in [7, 11) is 0. The number of carbonyl (C=O) groups excluding carboxylic acids is 1. The summed E-state index contributed by atoms with van der Waals surface area (Å²) in [5.41, 5.74) is 1.42. The third-order valence-corrected chi connectivity index (χ3v) is 4.58. The van der Waals surface area contributed by atoms with Crippen LogP contribution < -0.4 is 0 Å². The third kappa shape index (κ3) is 3.06. The molecule has 0 unspecified atom stereocenters. The molecule has 1 aromatic carbocycles. The van der Waals surface area contributed by atoms with Gasteiger partial charge >= 0.3 is 0 Å². The van der Waals surface area contributed by atoms with E-state index in [1.54, 1.807) is 6.20 Å². The Morgan fingerprint density at radius 2 is 2.09 bits per heavy atom. The van der Waals surface area contributed by atoms with Crippen molar-refractivity contribution in [1.29, 1.82) is 0 Å². The summed E-state index contributed by atoms with van der Waals surface area (Å²) < 4.78 is 5.06. The number of benzene rings is 1. The predicted octanol–water partition coefficient (Wildman–Crippen LogP) is 3.26. The van der Waals surface area contributed by atoms with Gasteiger partial charge < -0.3 is 9.42 Å². The molecule has 116 valence electrons. The van der Waals surface area contributed by atoms with Gasteiger partial charge in [0.25, 0.3) is 0 Å². The fourth-order valence-corrected chi connectivity index (χ4v) is 3.33. The average Bonchev–Trinajstić information content (AvgIpc) is 3.13. The number of aryl methyl sites for hydroxylation is 1. The van der Waals surface area contributed by atoms with E-state index in [9.17, 15) is 4.79 Å². The number of rotatable bonds is 4. The smallest absolute Gasteiger partial charge is 0.223 e. The van der Waals surface area contributed by atoms with Crippen LogP contribution in [-0.4, -0.2) is 29.1 Å². The highest BCUT2D eigenvalue weighted by Crippen LogP contribution is 2.42. The predicted molar refractivity (Wildman–Crippen MR) is 84.4 cm³/mol. The summed E-state index contributed by atoms with van der Waals surface area (Å²) in [4.78, 5) is 14.5. The first-order chi connectivity index (χ1) is 10.6. The van der Waals surface area contributed by atoms with Crippen molar-refractivity contribution in [2.45, 2.75) is 32.6 Å². The average molecular weight is 298 g/mol. The van der Waals surface area contributed by atoms with E-state index in [1.165, 1.54) is 5.56 Å². The Kier molecular flexibility index (Phi) is 4.01. The molecule has 3 rings (SSSR count). The van der Waals surface area contributed by atoms with E-state index in [1.807, 2.05) is 17.0 Å². The summed E-state index contributed by atoms with van der Waals surface area (Å²) in [5.74, 6) is 1.36. The second-order valence-corrected chi connectivity index (χ2v) is 6.70. The van der Waals surface area contributed by atoms with E-state index in [2.05, 4.69) is 43.3 Å². The standard InChI is InChI=1S/C18H22N2O2/c1-18(2)13-20(12-16(18)14-6-4-3-5-7-14)17(21)9-8-15-10-11-19-22-15/h3-7,10-11,16H,8-9,12-13H2,1-2H3/t16-/m1/s1. The van der Waals surface area contributed by atoms with Gasteiger partial charge in [-0.2, -0.15) is 0 Å². The van der Waals surface area contributed by atoms with Crippen LogP contribution in [0.2, 0.25) is 0 Å². The van der Waals surface area contributed by atoms with Crippen LogP contribution >= 0.6 is 0 Å². The molecule has 1 aliphatic rings. The van der Waals surface area contributed by atoms with Gasteiger partial charge in [0.15, 0.2) is 0 Å². The van der Waals surface area contributed by atoms with E-state index in [0.717, 1.165) is 18.8 Å². The van der Waals surface area contributed by atoms with Crippen LogP contribution in [0.25, 0.3) is 0 Å². The first kappa shape index (κ1) is 14.8. The fraction of sp³-hybridized carbons (Fsp3) is 0.444. The van der Waals surface area contributed by atoms with E-state index in [-0.39, 0.29) is 11.3 Å². The van der Waals surface area contributed by atoms with E-state index < -0.39 is 0 Å². The second-order valence-electron chi connectivity index (χ2n) is 6.70. The molecule has 1 amide bonds. The maximum Gasteiger partial charge on any atom is 0.223 e. The minimum absolute atomic E-state index is 0.100. The Labute approximate surface area is 131 Å². The van der Waals surface area contributed by atoms with Crippen LogP contribution in [0.1, 0.15) is 37.5 Å². The Hall–Kier alpha value is -2.10. The van der Waals surface area contributed by atoms with Crippen LogP contribution in [0, 0.1) is 5.41 Å². The van der Waals surface area contributed by atoms with Crippen LogP contribution in [0.5, 0.6) is 0 Å². The highest BCUT2D eigenvalue weighted by molar-refractivity contribution is 5.77. The molecular weight excluding hydrogens is 276 g/mol. The molecule has 0 aliphatic carbocycles. The SMILES string of the molecule is CC1(C)CN(C(=O)CCc2ccno2)C[C@@H]1c1ccccc1. The van der Waals surface area contributed by atoms with Crippen LogP contribution in [0.4, 0.5) is 0 Å². The summed E-state index contributed by atoms with van der Waals surface area (Å²) in [6.45, 7) is 6.09. The monoisotopic (exact) mass is 298 g/mol. The molecule has 2 aromatic rings. The lowest BCUT2D eigenvalue weighted by Crippen LogP contribution is -2.30. The van der Waals surface area contributed by atoms with Crippen LogP contribution in [0.3, 0.4) is 0 Å². The topological polar surface area (TPSA) is 46.3 Å². The van der Waals surface area contributed by atoms with Gasteiger partial charge in [-0.15, -0.1) is 0 Å². The Morgan fingerprint density at radius 3 is 2.77 bits per heavy atom. The number of nitrogens with zero attached hydrogens (tertiary/aromatic N) is 2. The molecule has 0 spiro atoms. The van der Waals surface area contributed by atoms with Crippen molar-refractivity contribution in [1.82, 2.24) is 10.1 Å². The highest BCUT2D eigenvalue weighted by atomic mass is 16.5. The number of carbonyl (C=O) groups is 1. The quantitative estimate of drug-likeness (QED) is 0.870. The number of amides is 1. The van der Waals surface area contributed by atoms with Crippen LogP contribution in [-0.2, 0) is 11.2 Å². The van der Waals surface area contributed by atoms with Gasteiger partial charge in [-0.1, -0.05) is 49.3 Å². The van der Waals surface area contributed by atoms with Gasteiger partial charge in [-0.25, -0.2) is 0 Å². The number of hydrogen-bond acceptors (Lipinski definition) is 3. The third-order valence-electron chi connectivity index (χ3n) is 4.58. The van der Waals surface area contributed by atoms with Crippen LogP contribution in [0.15, 0.2) is 47.1 Å². The summed E-state index contributed by atoms with van der Waals surface area (Å²) in [5, 5.41) is 3.67. The molecule has 1 aliphatic heterocycles. The van der Waals surface area contributed by atoms with Crippen molar-refractivity contribution in [2.75, 3.05) is 13.1 Å². The summed E-state index contributed by atoms with van der Waals surface area (Å²) >= 11 is 0. The van der Waals surface area contributed by atoms with Crippen molar-refractivity contribution in [3.63, 3.8) is 0 Å². The van der Waals surface area contributed by atoms with E-state index in [0.29, 0.717) is 18.8 Å². The molecule has 1 fully saturated rings. The first-order valence-corrected chi connectivity index (χ1v) is 7.78. The van der Waals surface area contributed by atoms with E-state index >= 15 is 0 Å².